The Labute approximate surface area is 199 Å². The number of carboxylic acid groups (broad SMARTS) is 1. The van der Waals surface area contributed by atoms with Gasteiger partial charge in [-0.15, -0.1) is 0 Å². The third-order valence-corrected chi connectivity index (χ3v) is 7.13. The number of carboxylic acids is 1. The van der Waals surface area contributed by atoms with Crippen molar-refractivity contribution in [2.24, 2.45) is 11.8 Å². The second kappa shape index (κ2) is 10.7. The summed E-state index contributed by atoms with van der Waals surface area (Å²) < 4.78 is 5.59. The lowest BCUT2D eigenvalue weighted by Gasteiger charge is -2.20. The molecule has 0 unspecified atom stereocenters. The van der Waals surface area contributed by atoms with E-state index >= 15 is 0 Å². The molecule has 0 aliphatic heterocycles. The monoisotopic (exact) mass is 464 g/mol. The number of nitrogens with one attached hydrogen (secondary N) is 2. The number of hydrogen-bond acceptors (Lipinski definition) is 4. The van der Waals surface area contributed by atoms with Crippen LogP contribution in [0.15, 0.2) is 48.5 Å². The molecule has 180 valence electrons. The van der Waals surface area contributed by atoms with Gasteiger partial charge in [0.25, 0.3) is 0 Å². The Morgan fingerprint density at radius 3 is 2.29 bits per heavy atom. The van der Waals surface area contributed by atoms with Gasteiger partial charge in [-0.3, -0.25) is 9.59 Å². The van der Waals surface area contributed by atoms with Crippen LogP contribution >= 0.6 is 0 Å². The molecule has 2 aliphatic rings. The molecule has 1 fully saturated rings. The lowest BCUT2D eigenvalue weighted by Crippen LogP contribution is -2.41. The highest BCUT2D eigenvalue weighted by Gasteiger charge is 2.33. The molecule has 0 spiro atoms. The zero-order valence-corrected chi connectivity index (χ0v) is 19.5. The summed E-state index contributed by atoms with van der Waals surface area (Å²) in [6, 6.07) is 16.0. The smallest absolute Gasteiger partial charge is 0.407 e. The fourth-order valence-electron chi connectivity index (χ4n) is 5.25. The van der Waals surface area contributed by atoms with E-state index in [1.54, 1.807) is 0 Å². The van der Waals surface area contributed by atoms with Crippen LogP contribution in [0, 0.1) is 11.8 Å². The van der Waals surface area contributed by atoms with Gasteiger partial charge in [-0.1, -0.05) is 61.9 Å². The minimum absolute atomic E-state index is 0.0184. The van der Waals surface area contributed by atoms with Gasteiger partial charge in [0.05, 0.1) is 5.92 Å². The van der Waals surface area contributed by atoms with Gasteiger partial charge in [0, 0.05) is 24.9 Å². The minimum Gasteiger partial charge on any atom is -0.481 e. The van der Waals surface area contributed by atoms with E-state index in [-0.39, 0.29) is 42.7 Å². The van der Waals surface area contributed by atoms with Gasteiger partial charge in [-0.25, -0.2) is 4.79 Å². The number of aliphatic carboxylic acids is 1. The average molecular weight is 465 g/mol. The van der Waals surface area contributed by atoms with Gasteiger partial charge in [0.1, 0.15) is 6.61 Å². The first-order valence-corrected chi connectivity index (χ1v) is 12.1. The van der Waals surface area contributed by atoms with Gasteiger partial charge in [-0.2, -0.15) is 0 Å². The highest BCUT2D eigenvalue weighted by atomic mass is 16.5. The molecule has 1 saturated carbocycles. The van der Waals surface area contributed by atoms with E-state index in [4.69, 9.17) is 4.74 Å². The largest absolute Gasteiger partial charge is 0.481 e. The Balaban J connectivity index is 1.27. The number of fused-ring (bicyclic) bond motifs is 3. The molecule has 3 N–H and O–H groups in total. The molecular formula is C27H32N2O5. The number of ether oxygens (including phenoxy) is 1. The van der Waals surface area contributed by atoms with Crippen molar-refractivity contribution in [3.8, 4) is 11.1 Å². The Hall–Kier alpha value is -3.35. The van der Waals surface area contributed by atoms with Crippen LogP contribution in [0.3, 0.4) is 0 Å². The summed E-state index contributed by atoms with van der Waals surface area (Å²) in [5, 5.41) is 15.0. The fourth-order valence-corrected chi connectivity index (χ4v) is 5.25. The predicted molar refractivity (Wildman–Crippen MR) is 128 cm³/mol. The van der Waals surface area contributed by atoms with Crippen LogP contribution in [-0.4, -0.2) is 42.3 Å². The van der Waals surface area contributed by atoms with Crippen molar-refractivity contribution >= 4 is 18.0 Å². The van der Waals surface area contributed by atoms with E-state index in [1.165, 1.54) is 11.1 Å². The molecule has 2 aromatic carbocycles. The average Bonchev–Trinajstić information content (AvgIpc) is 3.44. The van der Waals surface area contributed by atoms with Crippen molar-refractivity contribution in [2.75, 3.05) is 13.2 Å². The lowest BCUT2D eigenvalue weighted by molar-refractivity contribution is -0.143. The van der Waals surface area contributed by atoms with Crippen LogP contribution < -0.4 is 10.6 Å². The quantitative estimate of drug-likeness (QED) is 0.513. The maximum Gasteiger partial charge on any atom is 0.407 e. The fraction of sp³-hybridized carbons (Fsp3) is 0.444. The molecule has 2 amide bonds. The SMILES string of the molecule is CC[C@H](CC(=O)NC[C@H]1CCC[C@H]1C(=O)O)NC(=O)OCC1c2ccccc2-c2ccccc21. The molecule has 2 aliphatic carbocycles. The van der Waals surface area contributed by atoms with Gasteiger partial charge >= 0.3 is 12.1 Å². The Morgan fingerprint density at radius 1 is 1.03 bits per heavy atom. The zero-order valence-electron chi connectivity index (χ0n) is 19.5. The number of amides is 2. The molecule has 0 aromatic heterocycles. The number of benzene rings is 2. The van der Waals surface area contributed by atoms with E-state index < -0.39 is 12.1 Å². The molecule has 4 rings (SSSR count). The van der Waals surface area contributed by atoms with Crippen molar-refractivity contribution < 1.29 is 24.2 Å². The second-order valence-electron chi connectivity index (χ2n) is 9.22. The number of alkyl carbamates (subject to hydrolysis) is 1. The summed E-state index contributed by atoms with van der Waals surface area (Å²) in [6.45, 7) is 2.48. The first-order chi connectivity index (χ1) is 16.5. The second-order valence-corrected chi connectivity index (χ2v) is 9.22. The lowest BCUT2D eigenvalue weighted by atomic mass is 9.96. The van der Waals surface area contributed by atoms with E-state index in [0.717, 1.165) is 24.0 Å². The van der Waals surface area contributed by atoms with Gasteiger partial charge in [-0.05, 0) is 47.4 Å². The summed E-state index contributed by atoms with van der Waals surface area (Å²) in [6.07, 6.45) is 2.52. The molecule has 7 nitrogen and oxygen atoms in total. The van der Waals surface area contributed by atoms with Crippen molar-refractivity contribution in [3.05, 3.63) is 59.7 Å². The van der Waals surface area contributed by atoms with E-state index in [9.17, 15) is 19.5 Å². The molecule has 2 aromatic rings. The van der Waals surface area contributed by atoms with Crippen LogP contribution in [0.1, 0.15) is 56.1 Å². The van der Waals surface area contributed by atoms with Gasteiger partial charge < -0.3 is 20.5 Å². The molecule has 0 radical (unpaired) electrons. The third kappa shape index (κ3) is 5.24. The number of rotatable bonds is 9. The van der Waals surface area contributed by atoms with Crippen LogP contribution in [-0.2, 0) is 14.3 Å². The Morgan fingerprint density at radius 2 is 1.68 bits per heavy atom. The number of hydrogen-bond donors (Lipinski definition) is 3. The van der Waals surface area contributed by atoms with E-state index in [2.05, 4.69) is 34.9 Å². The molecule has 0 heterocycles. The Kier molecular flexibility index (Phi) is 7.50. The van der Waals surface area contributed by atoms with Crippen molar-refractivity contribution in [1.29, 1.82) is 0 Å². The highest BCUT2D eigenvalue weighted by molar-refractivity contribution is 5.79. The maximum atomic E-state index is 12.5. The Bertz CT molecular complexity index is 1010. The first-order valence-electron chi connectivity index (χ1n) is 12.1. The first kappa shape index (κ1) is 23.8. The minimum atomic E-state index is -0.792. The van der Waals surface area contributed by atoms with E-state index in [0.29, 0.717) is 19.4 Å². The summed E-state index contributed by atoms with van der Waals surface area (Å²) in [5.74, 6) is -1.42. The molecule has 34 heavy (non-hydrogen) atoms. The van der Waals surface area contributed by atoms with Crippen LogP contribution in [0.5, 0.6) is 0 Å². The summed E-state index contributed by atoms with van der Waals surface area (Å²) in [5.41, 5.74) is 4.63. The molecule has 3 atom stereocenters. The zero-order chi connectivity index (χ0) is 24.1. The van der Waals surface area contributed by atoms with Gasteiger partial charge in [0.2, 0.25) is 5.91 Å². The number of carbonyl (C=O) groups is 3. The topological polar surface area (TPSA) is 105 Å². The van der Waals surface area contributed by atoms with Crippen LogP contribution in [0.2, 0.25) is 0 Å². The molecule has 0 saturated heterocycles. The van der Waals surface area contributed by atoms with Crippen molar-refractivity contribution in [2.45, 2.75) is 51.0 Å². The van der Waals surface area contributed by atoms with Crippen molar-refractivity contribution in [3.63, 3.8) is 0 Å². The van der Waals surface area contributed by atoms with Gasteiger partial charge in [0.15, 0.2) is 0 Å². The van der Waals surface area contributed by atoms with E-state index in [1.807, 2.05) is 31.2 Å². The third-order valence-electron chi connectivity index (χ3n) is 7.13. The van der Waals surface area contributed by atoms with Crippen LogP contribution in [0.4, 0.5) is 4.79 Å². The maximum absolute atomic E-state index is 12.5. The highest BCUT2D eigenvalue weighted by Crippen LogP contribution is 2.44. The summed E-state index contributed by atoms with van der Waals surface area (Å²) in [7, 11) is 0. The summed E-state index contributed by atoms with van der Waals surface area (Å²) >= 11 is 0. The summed E-state index contributed by atoms with van der Waals surface area (Å²) in [4.78, 5) is 36.3. The van der Waals surface area contributed by atoms with Crippen molar-refractivity contribution in [1.82, 2.24) is 10.6 Å². The standard InChI is InChI=1S/C27H32N2O5/c1-2-18(14-25(30)28-15-17-8-7-13-19(17)26(31)32)29-27(33)34-16-24-22-11-5-3-9-20(22)21-10-4-6-12-23(21)24/h3-6,9-12,17-19,24H,2,7-8,13-16H2,1H3,(H,28,30)(H,29,33)(H,31,32)/t17-,18-,19-/m1/s1. The normalized spacial score (nSPS) is 19.7. The molecule has 0 bridgehead atoms. The molecular weight excluding hydrogens is 432 g/mol. The number of carbonyl (C=O) groups excluding carboxylic acids is 2. The predicted octanol–water partition coefficient (Wildman–Crippen LogP) is 4.31. The molecule has 7 heteroatoms. The van der Waals surface area contributed by atoms with Crippen LogP contribution in [0.25, 0.3) is 11.1 Å².